The van der Waals surface area contributed by atoms with E-state index < -0.39 is 10.0 Å². The average molecular weight is 268 g/mol. The summed E-state index contributed by atoms with van der Waals surface area (Å²) in [6.45, 7) is 1.19. The average Bonchev–Trinajstić information content (AvgIpc) is 3.19. The molecule has 0 aliphatic heterocycles. The molecule has 1 aliphatic carbocycles. The van der Waals surface area contributed by atoms with E-state index in [0.29, 0.717) is 6.54 Å². The summed E-state index contributed by atoms with van der Waals surface area (Å²) in [7, 11) is -1.66. The number of benzene rings is 1. The molecular weight excluding hydrogens is 248 g/mol. The van der Waals surface area contributed by atoms with Gasteiger partial charge in [0.15, 0.2) is 0 Å². The third kappa shape index (κ3) is 4.08. The highest BCUT2D eigenvalue weighted by Gasteiger charge is 2.23. The van der Waals surface area contributed by atoms with Crippen LogP contribution in [0.5, 0.6) is 0 Å². The maximum absolute atomic E-state index is 11.2. The molecule has 4 nitrogen and oxygen atoms in total. The molecule has 2 N–H and O–H groups in total. The molecule has 0 bridgehead atoms. The Labute approximate surface area is 109 Å². The van der Waals surface area contributed by atoms with Gasteiger partial charge in [-0.1, -0.05) is 24.3 Å². The minimum atomic E-state index is -3.10. The fraction of sp³-hybridized carbons (Fsp3) is 0.538. The fourth-order valence-electron chi connectivity index (χ4n) is 1.92. The van der Waals surface area contributed by atoms with Crippen molar-refractivity contribution in [2.75, 3.05) is 19.3 Å². The Kier molecular flexibility index (Phi) is 4.37. The van der Waals surface area contributed by atoms with Gasteiger partial charge in [0.05, 0.1) is 5.75 Å². The maximum Gasteiger partial charge on any atom is 0.212 e. The van der Waals surface area contributed by atoms with Crippen LogP contribution in [0.4, 0.5) is 0 Å². The van der Waals surface area contributed by atoms with Gasteiger partial charge in [-0.25, -0.2) is 13.1 Å². The van der Waals surface area contributed by atoms with E-state index in [2.05, 4.69) is 34.3 Å². The lowest BCUT2D eigenvalue weighted by molar-refractivity contribution is 0.583. The summed E-state index contributed by atoms with van der Waals surface area (Å²) < 4.78 is 24.7. The third-order valence-electron chi connectivity index (χ3n) is 3.19. The predicted molar refractivity (Wildman–Crippen MR) is 73.0 cm³/mol. The highest BCUT2D eigenvalue weighted by Crippen LogP contribution is 2.40. The molecule has 1 fully saturated rings. The largest absolute Gasteiger partial charge is 0.312 e. The van der Waals surface area contributed by atoms with Crippen molar-refractivity contribution in [2.45, 2.75) is 25.3 Å². The first-order valence-corrected chi connectivity index (χ1v) is 7.97. The topological polar surface area (TPSA) is 58.2 Å². The Hall–Kier alpha value is -0.910. The Balaban J connectivity index is 1.78. The predicted octanol–water partition coefficient (Wildman–Crippen LogP) is 1.20. The quantitative estimate of drug-likeness (QED) is 0.731. The van der Waals surface area contributed by atoms with E-state index in [9.17, 15) is 8.42 Å². The number of nitrogens with one attached hydrogen (secondary N) is 2. The van der Waals surface area contributed by atoms with Crippen LogP contribution in [0.15, 0.2) is 24.3 Å². The first kappa shape index (κ1) is 13.5. The molecule has 1 aliphatic rings. The zero-order valence-corrected chi connectivity index (χ0v) is 11.5. The number of hydrogen-bond acceptors (Lipinski definition) is 3. The lowest BCUT2D eigenvalue weighted by Crippen LogP contribution is -2.29. The summed E-state index contributed by atoms with van der Waals surface area (Å²) in [6.07, 6.45) is 2.61. The highest BCUT2D eigenvalue weighted by molar-refractivity contribution is 7.89. The van der Waals surface area contributed by atoms with Gasteiger partial charge < -0.3 is 5.32 Å². The summed E-state index contributed by atoms with van der Waals surface area (Å²) in [6, 6.07) is 8.55. The minimum absolute atomic E-state index is 0.117. The van der Waals surface area contributed by atoms with Crippen molar-refractivity contribution >= 4 is 10.0 Å². The molecule has 1 aromatic rings. The first-order chi connectivity index (χ1) is 8.61. The Morgan fingerprint density at radius 1 is 1.33 bits per heavy atom. The minimum Gasteiger partial charge on any atom is -0.312 e. The molecule has 100 valence electrons. The first-order valence-electron chi connectivity index (χ1n) is 6.31. The van der Waals surface area contributed by atoms with Crippen molar-refractivity contribution in [3.05, 3.63) is 35.4 Å². The van der Waals surface area contributed by atoms with Crippen LogP contribution in [0, 0.1) is 0 Å². The van der Waals surface area contributed by atoms with E-state index in [1.807, 2.05) is 0 Å². The van der Waals surface area contributed by atoms with E-state index in [4.69, 9.17) is 0 Å². The Bertz CT molecular complexity index is 495. The fourth-order valence-corrected chi connectivity index (χ4v) is 2.53. The van der Waals surface area contributed by atoms with Gasteiger partial charge >= 0.3 is 0 Å². The smallest absolute Gasteiger partial charge is 0.212 e. The van der Waals surface area contributed by atoms with Gasteiger partial charge in [0, 0.05) is 13.1 Å². The zero-order valence-electron chi connectivity index (χ0n) is 10.6. The summed E-state index contributed by atoms with van der Waals surface area (Å²) in [4.78, 5) is 0. The van der Waals surface area contributed by atoms with Crippen LogP contribution >= 0.6 is 0 Å². The van der Waals surface area contributed by atoms with Crippen molar-refractivity contribution in [1.29, 1.82) is 0 Å². The SMILES string of the molecule is CNS(=O)(=O)CCNCc1cccc(C2CC2)c1. The van der Waals surface area contributed by atoms with Crippen LogP contribution in [-0.2, 0) is 16.6 Å². The highest BCUT2D eigenvalue weighted by atomic mass is 32.2. The second-order valence-electron chi connectivity index (χ2n) is 4.72. The summed E-state index contributed by atoms with van der Waals surface area (Å²) >= 11 is 0. The van der Waals surface area contributed by atoms with Crippen molar-refractivity contribution in [2.24, 2.45) is 0 Å². The standard InChI is InChI=1S/C13H20N2O2S/c1-14-18(16,17)8-7-15-10-11-3-2-4-13(9-11)12-5-6-12/h2-4,9,12,14-15H,5-8,10H2,1H3. The second-order valence-corrected chi connectivity index (χ2v) is 6.77. The number of rotatable bonds is 7. The van der Waals surface area contributed by atoms with Gasteiger partial charge in [-0.3, -0.25) is 0 Å². The molecule has 0 unspecified atom stereocenters. The molecule has 0 saturated heterocycles. The molecule has 0 heterocycles. The Morgan fingerprint density at radius 2 is 2.11 bits per heavy atom. The molecule has 0 amide bonds. The summed E-state index contributed by atoms with van der Waals surface area (Å²) in [5.74, 6) is 0.876. The van der Waals surface area contributed by atoms with E-state index in [1.165, 1.54) is 31.0 Å². The van der Waals surface area contributed by atoms with Gasteiger partial charge in [-0.2, -0.15) is 0 Å². The van der Waals surface area contributed by atoms with Crippen LogP contribution in [0.2, 0.25) is 0 Å². The number of sulfonamides is 1. The summed E-state index contributed by atoms with van der Waals surface area (Å²) in [5, 5.41) is 3.16. The van der Waals surface area contributed by atoms with Crippen LogP contribution < -0.4 is 10.0 Å². The van der Waals surface area contributed by atoms with E-state index >= 15 is 0 Å². The van der Waals surface area contributed by atoms with Crippen LogP contribution in [0.1, 0.15) is 29.9 Å². The van der Waals surface area contributed by atoms with Crippen molar-refractivity contribution in [3.8, 4) is 0 Å². The summed E-state index contributed by atoms with van der Waals surface area (Å²) in [5.41, 5.74) is 2.64. The lowest BCUT2D eigenvalue weighted by Gasteiger charge is -2.07. The molecule has 0 spiro atoms. The molecule has 5 heteroatoms. The third-order valence-corrected chi connectivity index (χ3v) is 4.55. The van der Waals surface area contributed by atoms with Gasteiger partial charge in [0.2, 0.25) is 10.0 Å². The molecule has 1 aromatic carbocycles. The van der Waals surface area contributed by atoms with Gasteiger partial charge in [-0.15, -0.1) is 0 Å². The van der Waals surface area contributed by atoms with Crippen LogP contribution in [0.3, 0.4) is 0 Å². The lowest BCUT2D eigenvalue weighted by atomic mass is 10.1. The van der Waals surface area contributed by atoms with E-state index in [0.717, 1.165) is 12.5 Å². The monoisotopic (exact) mass is 268 g/mol. The van der Waals surface area contributed by atoms with E-state index in [1.54, 1.807) is 0 Å². The molecule has 2 rings (SSSR count). The van der Waals surface area contributed by atoms with E-state index in [-0.39, 0.29) is 5.75 Å². The van der Waals surface area contributed by atoms with Gasteiger partial charge in [0.1, 0.15) is 0 Å². The molecule has 0 radical (unpaired) electrons. The second kappa shape index (κ2) is 5.82. The zero-order chi connectivity index (χ0) is 13.0. The van der Waals surface area contributed by atoms with Crippen molar-refractivity contribution < 1.29 is 8.42 Å². The van der Waals surface area contributed by atoms with Crippen LogP contribution in [-0.4, -0.2) is 27.8 Å². The van der Waals surface area contributed by atoms with Crippen molar-refractivity contribution in [3.63, 3.8) is 0 Å². The molecular formula is C13H20N2O2S. The normalized spacial score (nSPS) is 15.8. The molecule has 18 heavy (non-hydrogen) atoms. The molecule has 1 saturated carbocycles. The van der Waals surface area contributed by atoms with Crippen LogP contribution in [0.25, 0.3) is 0 Å². The molecule has 0 atom stereocenters. The van der Waals surface area contributed by atoms with Gasteiger partial charge in [0.25, 0.3) is 0 Å². The molecule has 0 aromatic heterocycles. The Morgan fingerprint density at radius 3 is 2.78 bits per heavy atom. The number of hydrogen-bond donors (Lipinski definition) is 2. The van der Waals surface area contributed by atoms with Crippen molar-refractivity contribution in [1.82, 2.24) is 10.0 Å². The maximum atomic E-state index is 11.2. The van der Waals surface area contributed by atoms with Gasteiger partial charge in [-0.05, 0) is 36.9 Å².